The van der Waals surface area contributed by atoms with Crippen LogP contribution in [0.1, 0.15) is 39.0 Å². The van der Waals surface area contributed by atoms with Gasteiger partial charge in [0.1, 0.15) is 0 Å². The van der Waals surface area contributed by atoms with Gasteiger partial charge in [0.2, 0.25) is 6.08 Å². The molecule has 0 radical (unpaired) electrons. The van der Waals surface area contributed by atoms with E-state index in [0.29, 0.717) is 32.1 Å². The highest BCUT2D eigenvalue weighted by Gasteiger charge is 2.11. The Hall–Kier alpha value is -2.11. The lowest BCUT2D eigenvalue weighted by molar-refractivity contribution is -0.138. The summed E-state index contributed by atoms with van der Waals surface area (Å²) in [6.07, 6.45) is 4.34. The van der Waals surface area contributed by atoms with E-state index in [4.69, 9.17) is 15.3 Å². The van der Waals surface area contributed by atoms with Gasteiger partial charge in [0, 0.05) is 26.1 Å². The van der Waals surface area contributed by atoms with Crippen molar-refractivity contribution in [2.45, 2.75) is 45.1 Å². The van der Waals surface area contributed by atoms with Crippen LogP contribution in [0.15, 0.2) is 4.99 Å². The molecule has 0 spiro atoms. The van der Waals surface area contributed by atoms with Crippen LogP contribution in [0.2, 0.25) is 0 Å². The number of carboxylic acids is 1. The molecule has 6 heteroatoms. The lowest BCUT2D eigenvalue weighted by atomic mass is 10.2. The van der Waals surface area contributed by atoms with Gasteiger partial charge in [-0.05, 0) is 31.1 Å². The summed E-state index contributed by atoms with van der Waals surface area (Å²) in [5, 5.41) is 25.0. The molecule has 0 aromatic carbocycles. The molecule has 0 saturated carbocycles. The zero-order valence-corrected chi connectivity index (χ0v) is 12.1. The molecule has 0 rings (SSSR count). The molecule has 1 atom stereocenters. The largest absolute Gasteiger partial charge is 0.480 e. The summed E-state index contributed by atoms with van der Waals surface area (Å²) in [5.41, 5.74) is 0. The fourth-order valence-electron chi connectivity index (χ4n) is 0.933. The number of carboxylic acid groups (broad SMARTS) is 1. The number of aliphatic hydroxyl groups is 2. The Morgan fingerprint density at radius 3 is 1.81 bits per heavy atom. The molecule has 0 aliphatic carbocycles. The summed E-state index contributed by atoms with van der Waals surface area (Å²) in [4.78, 5) is 22.6. The second-order valence-corrected chi connectivity index (χ2v) is 3.74. The van der Waals surface area contributed by atoms with E-state index < -0.39 is 12.0 Å². The van der Waals surface area contributed by atoms with Gasteiger partial charge in [-0.25, -0.2) is 9.59 Å². The number of aliphatic hydroxyl groups excluding tert-OH is 2. The first-order valence-electron chi connectivity index (χ1n) is 6.61. The van der Waals surface area contributed by atoms with Gasteiger partial charge in [0.15, 0.2) is 6.04 Å². The van der Waals surface area contributed by atoms with Crippen molar-refractivity contribution >= 4 is 12.0 Å². The van der Waals surface area contributed by atoms with Crippen molar-refractivity contribution in [1.82, 2.24) is 0 Å². The number of aliphatic carboxylic acids is 1. The number of carbonyl (C=O) groups is 1. The molecular formula is C15H21NO5. The predicted octanol–water partition coefficient (Wildman–Crippen LogP) is 0.724. The first-order chi connectivity index (χ1) is 10.1. The summed E-state index contributed by atoms with van der Waals surface area (Å²) < 4.78 is 0. The van der Waals surface area contributed by atoms with Crippen molar-refractivity contribution in [2.75, 3.05) is 13.2 Å². The molecule has 0 fully saturated rings. The smallest absolute Gasteiger partial charge is 0.329 e. The summed E-state index contributed by atoms with van der Waals surface area (Å²) in [5.74, 6) is 9.90. The van der Waals surface area contributed by atoms with Crippen molar-refractivity contribution in [2.24, 2.45) is 4.99 Å². The molecule has 0 aliphatic rings. The maximum absolute atomic E-state index is 10.0. The number of nitrogens with zero attached hydrogens (tertiary/aromatic N) is 1. The average molecular weight is 295 g/mol. The molecule has 6 nitrogen and oxygen atoms in total. The van der Waals surface area contributed by atoms with Crippen LogP contribution in [0.5, 0.6) is 0 Å². The summed E-state index contributed by atoms with van der Waals surface area (Å²) in [7, 11) is 0. The highest BCUT2D eigenvalue weighted by atomic mass is 16.4. The second-order valence-electron chi connectivity index (χ2n) is 3.74. The van der Waals surface area contributed by atoms with E-state index in [0.717, 1.165) is 0 Å². The zero-order valence-electron chi connectivity index (χ0n) is 12.1. The van der Waals surface area contributed by atoms with Crippen molar-refractivity contribution in [3.63, 3.8) is 0 Å². The van der Waals surface area contributed by atoms with Crippen LogP contribution >= 0.6 is 0 Å². The van der Waals surface area contributed by atoms with E-state index in [1.165, 1.54) is 6.08 Å². The van der Waals surface area contributed by atoms with E-state index in [1.54, 1.807) is 6.92 Å². The monoisotopic (exact) mass is 295 g/mol. The number of hydrogen-bond donors (Lipinski definition) is 3. The lowest BCUT2D eigenvalue weighted by Gasteiger charge is -1.96. The van der Waals surface area contributed by atoms with Crippen LogP contribution in [0.4, 0.5) is 0 Å². The topological polar surface area (TPSA) is 107 Å². The molecule has 116 valence electrons. The van der Waals surface area contributed by atoms with Gasteiger partial charge in [-0.2, -0.15) is 4.99 Å². The third kappa shape index (κ3) is 17.9. The number of aliphatic imine (C=N–C) groups is 1. The molecule has 0 heterocycles. The van der Waals surface area contributed by atoms with Gasteiger partial charge in [0.05, 0.1) is 0 Å². The summed E-state index contributed by atoms with van der Waals surface area (Å²) in [6.45, 7) is 2.01. The van der Waals surface area contributed by atoms with E-state index in [2.05, 4.69) is 28.7 Å². The number of hydrogen-bond acceptors (Lipinski definition) is 5. The minimum absolute atomic E-state index is 0.187. The van der Waals surface area contributed by atoms with Crippen LogP contribution < -0.4 is 0 Å². The number of rotatable bonds is 7. The SMILES string of the molecule is CCC(N=C=O)C(=O)O.OCCCC#CC#CCCCO. The number of isocyanates is 1. The van der Waals surface area contributed by atoms with Crippen molar-refractivity contribution in [1.29, 1.82) is 0 Å². The van der Waals surface area contributed by atoms with Crippen LogP contribution in [0.3, 0.4) is 0 Å². The molecule has 0 aliphatic heterocycles. The maximum atomic E-state index is 10.0. The van der Waals surface area contributed by atoms with Gasteiger partial charge in [-0.3, -0.25) is 0 Å². The van der Waals surface area contributed by atoms with Crippen molar-refractivity contribution < 1.29 is 24.9 Å². The standard InChI is InChI=1S/C10H14O2.C5H7NO3/c11-9-7-5-3-1-2-4-6-8-10-12;1-2-4(5(8)9)6-3-7/h11-12H,5-10H2;4H,2H2,1H3,(H,8,9). The zero-order chi connectivity index (χ0) is 16.3. The molecule has 21 heavy (non-hydrogen) atoms. The van der Waals surface area contributed by atoms with E-state index >= 15 is 0 Å². The molecule has 0 aromatic rings. The minimum Gasteiger partial charge on any atom is -0.480 e. The maximum Gasteiger partial charge on any atom is 0.329 e. The van der Waals surface area contributed by atoms with E-state index in [1.807, 2.05) is 0 Å². The summed E-state index contributed by atoms with van der Waals surface area (Å²) in [6, 6.07) is -0.914. The Labute approximate surface area is 124 Å². The third-order valence-electron chi connectivity index (χ3n) is 2.04. The van der Waals surface area contributed by atoms with Crippen LogP contribution in [0.25, 0.3) is 0 Å². The third-order valence-corrected chi connectivity index (χ3v) is 2.04. The Balaban J connectivity index is 0. The van der Waals surface area contributed by atoms with Gasteiger partial charge in [-0.15, -0.1) is 0 Å². The molecule has 0 amide bonds. The fraction of sp³-hybridized carbons (Fsp3) is 0.600. The van der Waals surface area contributed by atoms with Crippen molar-refractivity contribution in [3.05, 3.63) is 0 Å². The molecule has 0 bridgehead atoms. The molecular weight excluding hydrogens is 274 g/mol. The van der Waals surface area contributed by atoms with Gasteiger partial charge in [0.25, 0.3) is 0 Å². The predicted molar refractivity (Wildman–Crippen MR) is 78.0 cm³/mol. The van der Waals surface area contributed by atoms with Crippen LogP contribution in [0, 0.1) is 23.7 Å². The highest BCUT2D eigenvalue weighted by molar-refractivity contribution is 5.74. The van der Waals surface area contributed by atoms with Crippen LogP contribution in [-0.2, 0) is 9.59 Å². The average Bonchev–Trinajstić information content (AvgIpc) is 2.48. The Morgan fingerprint density at radius 2 is 1.57 bits per heavy atom. The van der Waals surface area contributed by atoms with Crippen LogP contribution in [-0.4, -0.2) is 46.6 Å². The van der Waals surface area contributed by atoms with E-state index in [9.17, 15) is 9.59 Å². The first kappa shape index (κ1) is 21.2. The molecule has 3 N–H and O–H groups in total. The van der Waals surface area contributed by atoms with Gasteiger partial charge in [-0.1, -0.05) is 18.8 Å². The number of unbranched alkanes of at least 4 members (excludes halogenated alkanes) is 2. The highest BCUT2D eigenvalue weighted by Crippen LogP contribution is 1.94. The molecule has 0 saturated heterocycles. The Bertz CT molecular complexity index is 406. The Kier molecular flexibility index (Phi) is 18.1. The van der Waals surface area contributed by atoms with Gasteiger partial charge >= 0.3 is 5.97 Å². The summed E-state index contributed by atoms with van der Waals surface area (Å²) >= 11 is 0. The number of carbonyl (C=O) groups excluding carboxylic acids is 1. The molecule has 1 unspecified atom stereocenters. The Morgan fingerprint density at radius 1 is 1.10 bits per heavy atom. The molecule has 0 aromatic heterocycles. The minimum atomic E-state index is -1.08. The lowest BCUT2D eigenvalue weighted by Crippen LogP contribution is -2.15. The van der Waals surface area contributed by atoms with Crippen molar-refractivity contribution in [3.8, 4) is 23.7 Å². The van der Waals surface area contributed by atoms with E-state index in [-0.39, 0.29) is 13.2 Å². The normalized spacial score (nSPS) is 9.48. The second kappa shape index (κ2) is 17.9. The quantitative estimate of drug-likeness (QED) is 0.278. The first-order valence-corrected chi connectivity index (χ1v) is 6.61. The van der Waals surface area contributed by atoms with Gasteiger partial charge < -0.3 is 15.3 Å². The fourth-order valence-corrected chi connectivity index (χ4v) is 0.933.